The molecule has 1 heterocycles. The van der Waals surface area contributed by atoms with E-state index in [0.717, 1.165) is 6.07 Å². The number of carbonyl (C=O) groups is 1. The van der Waals surface area contributed by atoms with E-state index in [2.05, 4.69) is 0 Å². The SMILES string of the molecule is CC(C)(C)C(=O)ON1CCN(c2cccc(C(F)(F)F)c2Cl)CC1. The van der Waals surface area contributed by atoms with Gasteiger partial charge >= 0.3 is 12.1 Å². The first-order chi connectivity index (χ1) is 11.0. The van der Waals surface area contributed by atoms with Crippen molar-refractivity contribution in [3.8, 4) is 0 Å². The third-order valence-corrected chi connectivity index (χ3v) is 4.08. The van der Waals surface area contributed by atoms with Gasteiger partial charge in [0.15, 0.2) is 0 Å². The second-order valence-electron chi connectivity index (χ2n) is 6.68. The van der Waals surface area contributed by atoms with Crippen LogP contribution in [0.2, 0.25) is 5.02 Å². The summed E-state index contributed by atoms with van der Waals surface area (Å²) in [5.41, 5.74) is -1.11. The number of piperazine rings is 1. The fraction of sp³-hybridized carbons (Fsp3) is 0.562. The Morgan fingerprint density at radius 2 is 1.71 bits per heavy atom. The Bertz CT molecular complexity index is 606. The Labute approximate surface area is 144 Å². The summed E-state index contributed by atoms with van der Waals surface area (Å²) in [5, 5.41) is 1.23. The number of alkyl halides is 3. The molecule has 1 aromatic carbocycles. The Morgan fingerprint density at radius 1 is 1.12 bits per heavy atom. The molecule has 0 spiro atoms. The third-order valence-electron chi connectivity index (χ3n) is 3.69. The molecule has 24 heavy (non-hydrogen) atoms. The number of hydroxylamine groups is 2. The molecule has 0 N–H and O–H groups in total. The summed E-state index contributed by atoms with van der Waals surface area (Å²) >= 11 is 5.95. The third kappa shape index (κ3) is 4.33. The van der Waals surface area contributed by atoms with Crippen molar-refractivity contribution in [2.45, 2.75) is 26.9 Å². The van der Waals surface area contributed by atoms with E-state index in [0.29, 0.717) is 31.9 Å². The second kappa shape index (κ2) is 6.80. The summed E-state index contributed by atoms with van der Waals surface area (Å²) in [5.74, 6) is -0.340. The van der Waals surface area contributed by atoms with Crippen molar-refractivity contribution in [3.05, 3.63) is 28.8 Å². The molecule has 0 radical (unpaired) electrons. The molecule has 134 valence electrons. The fourth-order valence-corrected chi connectivity index (χ4v) is 2.61. The average Bonchev–Trinajstić information content (AvgIpc) is 2.46. The fourth-order valence-electron chi connectivity index (χ4n) is 2.26. The highest BCUT2D eigenvalue weighted by atomic mass is 35.5. The van der Waals surface area contributed by atoms with Crippen molar-refractivity contribution in [3.63, 3.8) is 0 Å². The Hall–Kier alpha value is -1.47. The maximum absolute atomic E-state index is 12.9. The van der Waals surface area contributed by atoms with Crippen LogP contribution in [0.25, 0.3) is 0 Å². The summed E-state index contributed by atoms with van der Waals surface area (Å²) in [7, 11) is 0. The minimum Gasteiger partial charge on any atom is -0.367 e. The van der Waals surface area contributed by atoms with Gasteiger partial charge in [0, 0.05) is 13.1 Å². The van der Waals surface area contributed by atoms with E-state index in [9.17, 15) is 18.0 Å². The van der Waals surface area contributed by atoms with Crippen molar-refractivity contribution in [2.75, 3.05) is 31.1 Å². The highest BCUT2D eigenvalue weighted by molar-refractivity contribution is 6.34. The number of carbonyl (C=O) groups excluding carboxylic acids is 1. The lowest BCUT2D eigenvalue weighted by Gasteiger charge is -2.36. The number of nitrogens with zero attached hydrogens (tertiary/aromatic N) is 2. The highest BCUT2D eigenvalue weighted by Gasteiger charge is 2.35. The summed E-state index contributed by atoms with van der Waals surface area (Å²) in [4.78, 5) is 18.9. The molecule has 0 aromatic heterocycles. The second-order valence-corrected chi connectivity index (χ2v) is 7.06. The number of hydrogen-bond donors (Lipinski definition) is 0. The lowest BCUT2D eigenvalue weighted by Crippen LogP contribution is -2.48. The molecule has 0 amide bonds. The normalized spacial score (nSPS) is 17.0. The van der Waals surface area contributed by atoms with Crippen LogP contribution >= 0.6 is 11.6 Å². The molecular formula is C16H20ClF3N2O2. The molecule has 0 saturated carbocycles. The molecule has 8 heteroatoms. The molecule has 0 bridgehead atoms. The zero-order valence-corrected chi connectivity index (χ0v) is 14.5. The lowest BCUT2D eigenvalue weighted by molar-refractivity contribution is -0.201. The van der Waals surface area contributed by atoms with Gasteiger partial charge in [-0.3, -0.25) is 0 Å². The average molecular weight is 365 g/mol. The molecule has 1 aliphatic heterocycles. The zero-order chi connectivity index (χ0) is 18.1. The highest BCUT2D eigenvalue weighted by Crippen LogP contribution is 2.39. The number of rotatable bonds is 2. The van der Waals surface area contributed by atoms with Crippen LogP contribution in [0.5, 0.6) is 0 Å². The van der Waals surface area contributed by atoms with Crippen LogP contribution in [0, 0.1) is 5.41 Å². The molecule has 0 atom stereocenters. The van der Waals surface area contributed by atoms with E-state index in [1.165, 1.54) is 11.1 Å². The van der Waals surface area contributed by atoms with Gasteiger partial charge in [0.2, 0.25) is 0 Å². The van der Waals surface area contributed by atoms with Gasteiger partial charge in [0.05, 0.1) is 34.8 Å². The molecule has 4 nitrogen and oxygen atoms in total. The van der Waals surface area contributed by atoms with E-state index < -0.39 is 17.2 Å². The maximum atomic E-state index is 12.9. The van der Waals surface area contributed by atoms with Crippen LogP contribution in [0.4, 0.5) is 18.9 Å². The maximum Gasteiger partial charge on any atom is 0.417 e. The first kappa shape index (κ1) is 18.9. The Morgan fingerprint density at radius 3 is 2.21 bits per heavy atom. The largest absolute Gasteiger partial charge is 0.417 e. The molecule has 1 aliphatic rings. The van der Waals surface area contributed by atoms with Crippen molar-refractivity contribution < 1.29 is 22.8 Å². The topological polar surface area (TPSA) is 32.8 Å². The molecule has 2 rings (SSSR count). The molecule has 0 aliphatic carbocycles. The zero-order valence-electron chi connectivity index (χ0n) is 13.8. The molecule has 1 fully saturated rings. The van der Waals surface area contributed by atoms with Crippen LogP contribution in [0.1, 0.15) is 26.3 Å². The van der Waals surface area contributed by atoms with Gasteiger partial charge in [0.1, 0.15) is 0 Å². The van der Waals surface area contributed by atoms with Crippen molar-refractivity contribution in [2.24, 2.45) is 5.41 Å². The van der Waals surface area contributed by atoms with Crippen LogP contribution in [0.3, 0.4) is 0 Å². The Kier molecular flexibility index (Phi) is 5.34. The van der Waals surface area contributed by atoms with Crippen LogP contribution in [-0.2, 0) is 15.8 Å². The summed E-state index contributed by atoms with van der Waals surface area (Å²) in [6.45, 7) is 6.90. The van der Waals surface area contributed by atoms with Crippen LogP contribution in [0.15, 0.2) is 18.2 Å². The number of benzene rings is 1. The minimum atomic E-state index is -4.49. The number of halogens is 4. The van der Waals surface area contributed by atoms with E-state index in [1.807, 2.05) is 0 Å². The monoisotopic (exact) mass is 364 g/mol. The first-order valence-corrected chi connectivity index (χ1v) is 7.96. The van der Waals surface area contributed by atoms with E-state index in [-0.39, 0.29) is 11.0 Å². The summed E-state index contributed by atoms with van der Waals surface area (Å²) in [6.07, 6.45) is -4.49. The van der Waals surface area contributed by atoms with E-state index in [1.54, 1.807) is 31.7 Å². The summed E-state index contributed by atoms with van der Waals surface area (Å²) < 4.78 is 38.8. The van der Waals surface area contributed by atoms with Gasteiger partial charge < -0.3 is 9.74 Å². The molecule has 0 unspecified atom stereocenters. The van der Waals surface area contributed by atoms with E-state index >= 15 is 0 Å². The van der Waals surface area contributed by atoms with Gasteiger partial charge in [-0.2, -0.15) is 13.2 Å². The van der Waals surface area contributed by atoms with Crippen molar-refractivity contribution in [1.82, 2.24) is 5.06 Å². The first-order valence-electron chi connectivity index (χ1n) is 7.58. The smallest absolute Gasteiger partial charge is 0.367 e. The van der Waals surface area contributed by atoms with Gasteiger partial charge in [-0.25, -0.2) is 4.79 Å². The molecule has 1 saturated heterocycles. The van der Waals surface area contributed by atoms with Gasteiger partial charge in [-0.1, -0.05) is 17.7 Å². The number of hydrogen-bond acceptors (Lipinski definition) is 4. The summed E-state index contributed by atoms with van der Waals surface area (Å²) in [6, 6.07) is 3.87. The predicted molar refractivity (Wildman–Crippen MR) is 85.8 cm³/mol. The molecule has 1 aromatic rings. The van der Waals surface area contributed by atoms with Crippen molar-refractivity contribution in [1.29, 1.82) is 0 Å². The van der Waals surface area contributed by atoms with Gasteiger partial charge in [-0.05, 0) is 32.9 Å². The van der Waals surface area contributed by atoms with Crippen LogP contribution < -0.4 is 4.90 Å². The minimum absolute atomic E-state index is 0.301. The lowest BCUT2D eigenvalue weighted by atomic mass is 9.98. The van der Waals surface area contributed by atoms with Crippen molar-refractivity contribution >= 4 is 23.3 Å². The van der Waals surface area contributed by atoms with E-state index in [4.69, 9.17) is 16.4 Å². The quantitative estimate of drug-likeness (QED) is 0.794. The standard InChI is InChI=1S/C16H20ClF3N2O2/c1-15(2,3)14(23)24-22-9-7-21(8-10-22)12-6-4-5-11(13(12)17)16(18,19)20/h4-6H,7-10H2,1-3H3. The molecular weight excluding hydrogens is 345 g/mol. The number of anilines is 1. The van der Waals surface area contributed by atoms with Gasteiger partial charge in [0.25, 0.3) is 0 Å². The van der Waals surface area contributed by atoms with Crippen LogP contribution in [-0.4, -0.2) is 37.2 Å². The Balaban J connectivity index is 2.04. The predicted octanol–water partition coefficient (Wildman–Crippen LogP) is 3.99. The van der Waals surface area contributed by atoms with Gasteiger partial charge in [-0.15, -0.1) is 5.06 Å².